The summed E-state index contributed by atoms with van der Waals surface area (Å²) in [4.78, 5) is 1.93. The maximum atomic E-state index is 3.25. The standard InChI is InChI=1S/C6H12BrN/c1-3-6(5-7)8-4-2/h5,8H,3-4H2,1-2H3/b6-5-. The Kier molecular flexibility index (Phi) is 5.18. The van der Waals surface area contributed by atoms with Crippen LogP contribution in [0, 0.1) is 0 Å². The highest BCUT2D eigenvalue weighted by Gasteiger charge is 1.84. The Bertz CT molecular complexity index is 78.6. The minimum atomic E-state index is 1.01. The third-order valence-electron chi connectivity index (χ3n) is 0.916. The molecular weight excluding hydrogens is 166 g/mol. The van der Waals surface area contributed by atoms with Crippen molar-refractivity contribution >= 4 is 15.9 Å². The van der Waals surface area contributed by atoms with Crippen molar-refractivity contribution < 1.29 is 0 Å². The van der Waals surface area contributed by atoms with Gasteiger partial charge in [0.1, 0.15) is 0 Å². The molecule has 0 spiro atoms. The maximum Gasteiger partial charge on any atom is 0.0174 e. The molecule has 0 heterocycles. The molecule has 1 N–H and O–H groups in total. The lowest BCUT2D eigenvalue weighted by Crippen LogP contribution is -2.10. The molecule has 0 amide bonds. The second-order valence-electron chi connectivity index (χ2n) is 1.52. The SMILES string of the molecule is CCN/C(=C\Br)CC. The quantitative estimate of drug-likeness (QED) is 0.698. The minimum absolute atomic E-state index is 1.01. The van der Waals surface area contributed by atoms with Crippen molar-refractivity contribution in [1.29, 1.82) is 0 Å². The van der Waals surface area contributed by atoms with E-state index in [1.54, 1.807) is 0 Å². The molecular formula is C6H12BrN. The fraction of sp³-hybridized carbons (Fsp3) is 0.667. The van der Waals surface area contributed by atoms with Crippen LogP contribution in [0.5, 0.6) is 0 Å². The van der Waals surface area contributed by atoms with Crippen molar-refractivity contribution in [3.63, 3.8) is 0 Å². The largest absolute Gasteiger partial charge is 0.388 e. The first-order valence-electron chi connectivity index (χ1n) is 2.88. The second-order valence-corrected chi connectivity index (χ2v) is 1.98. The van der Waals surface area contributed by atoms with Gasteiger partial charge in [0, 0.05) is 17.2 Å². The zero-order chi connectivity index (χ0) is 6.41. The smallest absolute Gasteiger partial charge is 0.0174 e. The molecule has 0 aliphatic rings. The number of allylic oxidation sites excluding steroid dienone is 1. The van der Waals surface area contributed by atoms with Crippen molar-refractivity contribution in [2.24, 2.45) is 0 Å². The van der Waals surface area contributed by atoms with Crippen LogP contribution in [0.4, 0.5) is 0 Å². The van der Waals surface area contributed by atoms with E-state index in [9.17, 15) is 0 Å². The van der Waals surface area contributed by atoms with E-state index in [1.165, 1.54) is 5.70 Å². The molecule has 0 aromatic carbocycles. The second kappa shape index (κ2) is 5.16. The molecule has 1 nitrogen and oxygen atoms in total. The van der Waals surface area contributed by atoms with Gasteiger partial charge in [0.05, 0.1) is 0 Å². The summed E-state index contributed by atoms with van der Waals surface area (Å²) in [5.74, 6) is 0. The zero-order valence-electron chi connectivity index (χ0n) is 5.37. The number of nitrogens with one attached hydrogen (secondary N) is 1. The highest BCUT2D eigenvalue weighted by molar-refractivity contribution is 9.11. The van der Waals surface area contributed by atoms with E-state index in [0.29, 0.717) is 0 Å². The predicted octanol–water partition coefficient (Wildman–Crippen LogP) is 2.24. The Labute approximate surface area is 59.3 Å². The summed E-state index contributed by atoms with van der Waals surface area (Å²) in [5.41, 5.74) is 1.26. The normalized spacial score (nSPS) is 11.6. The summed E-state index contributed by atoms with van der Waals surface area (Å²) in [6, 6.07) is 0. The fourth-order valence-electron chi connectivity index (χ4n) is 0.468. The average Bonchev–Trinajstić information content (AvgIpc) is 1.83. The van der Waals surface area contributed by atoms with E-state index in [-0.39, 0.29) is 0 Å². The summed E-state index contributed by atoms with van der Waals surface area (Å²) in [5, 5.41) is 3.20. The van der Waals surface area contributed by atoms with Crippen LogP contribution in [-0.4, -0.2) is 6.54 Å². The molecule has 0 saturated carbocycles. The lowest BCUT2D eigenvalue weighted by molar-refractivity contribution is 0.811. The van der Waals surface area contributed by atoms with Crippen LogP contribution < -0.4 is 5.32 Å². The van der Waals surface area contributed by atoms with E-state index >= 15 is 0 Å². The molecule has 0 aliphatic heterocycles. The monoisotopic (exact) mass is 177 g/mol. The summed E-state index contributed by atoms with van der Waals surface area (Å²) in [7, 11) is 0. The molecule has 0 fully saturated rings. The van der Waals surface area contributed by atoms with E-state index in [0.717, 1.165) is 13.0 Å². The van der Waals surface area contributed by atoms with Crippen LogP contribution >= 0.6 is 15.9 Å². The lowest BCUT2D eigenvalue weighted by atomic mass is 10.4. The molecule has 48 valence electrons. The molecule has 0 saturated heterocycles. The molecule has 0 unspecified atom stereocenters. The van der Waals surface area contributed by atoms with Gasteiger partial charge in [-0.1, -0.05) is 22.9 Å². The number of halogens is 1. The molecule has 0 bridgehead atoms. The van der Waals surface area contributed by atoms with Gasteiger partial charge in [-0.05, 0) is 13.3 Å². The van der Waals surface area contributed by atoms with Gasteiger partial charge in [-0.3, -0.25) is 0 Å². The fourth-order valence-corrected chi connectivity index (χ4v) is 0.953. The van der Waals surface area contributed by atoms with Gasteiger partial charge in [0.25, 0.3) is 0 Å². The zero-order valence-corrected chi connectivity index (χ0v) is 6.96. The van der Waals surface area contributed by atoms with Gasteiger partial charge in [-0.15, -0.1) is 0 Å². The predicted molar refractivity (Wildman–Crippen MR) is 41.0 cm³/mol. The summed E-state index contributed by atoms with van der Waals surface area (Å²) < 4.78 is 0. The van der Waals surface area contributed by atoms with Gasteiger partial charge in [-0.2, -0.15) is 0 Å². The topological polar surface area (TPSA) is 12.0 Å². The third kappa shape index (κ3) is 3.08. The van der Waals surface area contributed by atoms with Gasteiger partial charge in [-0.25, -0.2) is 0 Å². The van der Waals surface area contributed by atoms with Crippen LogP contribution in [0.1, 0.15) is 20.3 Å². The number of hydrogen-bond acceptors (Lipinski definition) is 1. The first kappa shape index (κ1) is 8.02. The highest BCUT2D eigenvalue weighted by atomic mass is 79.9. The van der Waals surface area contributed by atoms with Gasteiger partial charge in [0.15, 0.2) is 0 Å². The first-order chi connectivity index (χ1) is 3.85. The minimum Gasteiger partial charge on any atom is -0.388 e. The Morgan fingerprint density at radius 2 is 2.25 bits per heavy atom. The third-order valence-corrected chi connectivity index (χ3v) is 1.47. The molecule has 0 aromatic heterocycles. The van der Waals surface area contributed by atoms with Gasteiger partial charge in [0.2, 0.25) is 0 Å². The molecule has 0 atom stereocenters. The Balaban J connectivity index is 3.38. The van der Waals surface area contributed by atoms with Crippen molar-refractivity contribution in [2.45, 2.75) is 20.3 Å². The molecule has 0 rings (SSSR count). The number of hydrogen-bond donors (Lipinski definition) is 1. The van der Waals surface area contributed by atoms with Gasteiger partial charge >= 0.3 is 0 Å². The van der Waals surface area contributed by atoms with Crippen molar-refractivity contribution in [3.05, 3.63) is 10.7 Å². The maximum absolute atomic E-state index is 3.25. The van der Waals surface area contributed by atoms with Crippen molar-refractivity contribution in [2.75, 3.05) is 6.54 Å². The van der Waals surface area contributed by atoms with Crippen LogP contribution in [0.3, 0.4) is 0 Å². The van der Waals surface area contributed by atoms with Crippen molar-refractivity contribution in [1.82, 2.24) is 5.32 Å². The first-order valence-corrected chi connectivity index (χ1v) is 3.79. The number of rotatable bonds is 3. The summed E-state index contributed by atoms with van der Waals surface area (Å²) >= 11 is 3.25. The van der Waals surface area contributed by atoms with E-state index < -0.39 is 0 Å². The average molecular weight is 178 g/mol. The van der Waals surface area contributed by atoms with E-state index in [2.05, 4.69) is 35.1 Å². The van der Waals surface area contributed by atoms with E-state index in [1.807, 2.05) is 4.99 Å². The van der Waals surface area contributed by atoms with Crippen LogP contribution in [0.2, 0.25) is 0 Å². The molecule has 8 heavy (non-hydrogen) atoms. The Hall–Kier alpha value is 0.0200. The molecule has 0 aliphatic carbocycles. The van der Waals surface area contributed by atoms with Crippen molar-refractivity contribution in [3.8, 4) is 0 Å². The summed E-state index contributed by atoms with van der Waals surface area (Å²) in [6.45, 7) is 5.22. The van der Waals surface area contributed by atoms with Crippen LogP contribution in [0.25, 0.3) is 0 Å². The lowest BCUT2D eigenvalue weighted by Gasteiger charge is -2.02. The molecule has 2 heteroatoms. The van der Waals surface area contributed by atoms with Gasteiger partial charge < -0.3 is 5.32 Å². The highest BCUT2D eigenvalue weighted by Crippen LogP contribution is 1.97. The van der Waals surface area contributed by atoms with Crippen LogP contribution in [-0.2, 0) is 0 Å². The van der Waals surface area contributed by atoms with E-state index in [4.69, 9.17) is 0 Å². The molecule has 0 radical (unpaired) electrons. The Morgan fingerprint density at radius 1 is 1.62 bits per heavy atom. The summed E-state index contributed by atoms with van der Waals surface area (Å²) in [6.07, 6.45) is 1.07. The Morgan fingerprint density at radius 3 is 2.38 bits per heavy atom. The van der Waals surface area contributed by atoms with Crippen LogP contribution in [0.15, 0.2) is 10.7 Å². The molecule has 0 aromatic rings.